The summed E-state index contributed by atoms with van der Waals surface area (Å²) in [6.07, 6.45) is 1.48. The molecule has 1 aliphatic heterocycles. The summed E-state index contributed by atoms with van der Waals surface area (Å²) in [5, 5.41) is 7.86. The van der Waals surface area contributed by atoms with Crippen molar-refractivity contribution in [3.63, 3.8) is 0 Å². The fourth-order valence-electron chi connectivity index (χ4n) is 2.37. The van der Waals surface area contributed by atoms with E-state index in [4.69, 9.17) is 10.5 Å². The molecule has 2 N–H and O–H groups in total. The van der Waals surface area contributed by atoms with Crippen LogP contribution in [0.2, 0.25) is 0 Å². The molecule has 6 nitrogen and oxygen atoms in total. The zero-order valence-corrected chi connectivity index (χ0v) is 11.2. The third-order valence-corrected chi connectivity index (χ3v) is 3.82. The maximum atomic E-state index is 12.8. The van der Waals surface area contributed by atoms with Gasteiger partial charge in [-0.15, -0.1) is 5.10 Å². The van der Waals surface area contributed by atoms with Gasteiger partial charge in [0, 0.05) is 6.04 Å². The Kier molecular flexibility index (Phi) is 3.11. The van der Waals surface area contributed by atoms with Crippen molar-refractivity contribution < 1.29 is 9.53 Å². The van der Waals surface area contributed by atoms with Gasteiger partial charge < -0.3 is 10.5 Å². The van der Waals surface area contributed by atoms with Crippen molar-refractivity contribution in [2.24, 2.45) is 11.1 Å². The van der Waals surface area contributed by atoms with Crippen LogP contribution >= 0.6 is 0 Å². The Morgan fingerprint density at radius 2 is 2.20 bits per heavy atom. The van der Waals surface area contributed by atoms with Gasteiger partial charge in [0.15, 0.2) is 5.78 Å². The van der Waals surface area contributed by atoms with Crippen LogP contribution < -0.4 is 5.73 Å². The normalized spacial score (nSPS) is 25.8. The van der Waals surface area contributed by atoms with E-state index in [2.05, 4.69) is 10.3 Å². The third kappa shape index (κ3) is 1.93. The summed E-state index contributed by atoms with van der Waals surface area (Å²) in [6.45, 7) is 2.55. The number of Topliss-reactive ketones (excluding diaryl/α,β-unsaturated/α-hetero) is 1. The van der Waals surface area contributed by atoms with E-state index < -0.39 is 5.41 Å². The topological polar surface area (TPSA) is 83.0 Å². The lowest BCUT2D eigenvalue weighted by atomic mass is 9.80. The molecule has 1 saturated heterocycles. The maximum Gasteiger partial charge on any atom is 0.192 e. The molecule has 104 valence electrons. The number of carbonyl (C=O) groups is 1. The monoisotopic (exact) mass is 272 g/mol. The lowest BCUT2D eigenvalue weighted by Crippen LogP contribution is -2.45. The standard InChI is InChI=1S/C14H16N4O2/c1-14(9-20-8-12(14)15)13(19)11-7-16-17-18(11)10-5-3-2-4-6-10/h2-7,12H,8-9,15H2,1H3. The Morgan fingerprint density at radius 3 is 2.85 bits per heavy atom. The smallest absolute Gasteiger partial charge is 0.192 e. The molecule has 2 heterocycles. The largest absolute Gasteiger partial charge is 0.379 e. The van der Waals surface area contributed by atoms with Crippen LogP contribution in [0.15, 0.2) is 36.5 Å². The quantitative estimate of drug-likeness (QED) is 0.836. The second kappa shape index (κ2) is 4.81. The lowest BCUT2D eigenvalue weighted by molar-refractivity contribution is 0.0759. The average molecular weight is 272 g/mol. The van der Waals surface area contributed by atoms with Crippen LogP contribution in [0.25, 0.3) is 5.69 Å². The first-order valence-electron chi connectivity index (χ1n) is 6.47. The van der Waals surface area contributed by atoms with Gasteiger partial charge in [-0.25, -0.2) is 4.68 Å². The predicted molar refractivity (Wildman–Crippen MR) is 72.6 cm³/mol. The fraction of sp³-hybridized carbons (Fsp3) is 0.357. The summed E-state index contributed by atoms with van der Waals surface area (Å²) in [7, 11) is 0. The van der Waals surface area contributed by atoms with Crippen molar-refractivity contribution in [1.82, 2.24) is 15.0 Å². The predicted octanol–water partition coefficient (Wildman–Crippen LogP) is 0.814. The molecule has 2 atom stereocenters. The third-order valence-electron chi connectivity index (χ3n) is 3.82. The first-order valence-corrected chi connectivity index (χ1v) is 6.47. The minimum atomic E-state index is -0.728. The summed E-state index contributed by atoms with van der Waals surface area (Å²) in [5.41, 5.74) is 6.51. The van der Waals surface area contributed by atoms with E-state index in [1.54, 1.807) is 4.68 Å². The lowest BCUT2D eigenvalue weighted by Gasteiger charge is -2.24. The van der Waals surface area contributed by atoms with Crippen LogP contribution in [0.5, 0.6) is 0 Å². The Hall–Kier alpha value is -2.05. The van der Waals surface area contributed by atoms with Crippen LogP contribution in [0.4, 0.5) is 0 Å². The molecule has 1 aliphatic rings. The number of ether oxygens (including phenoxy) is 1. The molecule has 6 heteroatoms. The van der Waals surface area contributed by atoms with E-state index in [1.807, 2.05) is 37.3 Å². The summed E-state index contributed by atoms with van der Waals surface area (Å²) < 4.78 is 6.88. The van der Waals surface area contributed by atoms with Crippen LogP contribution in [0.1, 0.15) is 17.4 Å². The molecule has 2 aromatic rings. The molecular weight excluding hydrogens is 256 g/mol. The number of nitrogens with zero attached hydrogens (tertiary/aromatic N) is 3. The van der Waals surface area contributed by atoms with Gasteiger partial charge in [-0.05, 0) is 19.1 Å². The van der Waals surface area contributed by atoms with Gasteiger partial charge in [0.1, 0.15) is 5.69 Å². The van der Waals surface area contributed by atoms with Gasteiger partial charge in [-0.2, -0.15) is 0 Å². The number of para-hydroxylation sites is 1. The molecule has 0 aliphatic carbocycles. The molecule has 0 saturated carbocycles. The molecule has 0 radical (unpaired) electrons. The van der Waals surface area contributed by atoms with E-state index in [9.17, 15) is 4.79 Å². The highest BCUT2D eigenvalue weighted by Gasteiger charge is 2.45. The molecular formula is C14H16N4O2. The number of hydrogen-bond donors (Lipinski definition) is 1. The maximum absolute atomic E-state index is 12.8. The Bertz CT molecular complexity index is 625. The zero-order valence-electron chi connectivity index (χ0n) is 11.2. The second-order valence-electron chi connectivity index (χ2n) is 5.23. The van der Waals surface area contributed by atoms with Crippen LogP contribution in [0, 0.1) is 5.41 Å². The highest BCUT2D eigenvalue weighted by atomic mass is 16.5. The number of carbonyl (C=O) groups excluding carboxylic acids is 1. The zero-order chi connectivity index (χ0) is 14.2. The first-order chi connectivity index (χ1) is 9.63. The SMILES string of the molecule is CC1(C(=O)c2cnnn2-c2ccccc2)COCC1N. The molecule has 0 bridgehead atoms. The summed E-state index contributed by atoms with van der Waals surface area (Å²) in [6, 6.07) is 9.12. The van der Waals surface area contributed by atoms with E-state index in [0.29, 0.717) is 18.9 Å². The van der Waals surface area contributed by atoms with Gasteiger partial charge in [-0.3, -0.25) is 4.79 Å². The van der Waals surface area contributed by atoms with E-state index in [-0.39, 0.29) is 11.8 Å². The van der Waals surface area contributed by atoms with Gasteiger partial charge in [0.05, 0.1) is 30.5 Å². The fourth-order valence-corrected chi connectivity index (χ4v) is 2.37. The second-order valence-corrected chi connectivity index (χ2v) is 5.23. The van der Waals surface area contributed by atoms with Crippen LogP contribution in [-0.2, 0) is 4.74 Å². The number of ketones is 1. The van der Waals surface area contributed by atoms with Crippen molar-refractivity contribution in [2.45, 2.75) is 13.0 Å². The number of hydrogen-bond acceptors (Lipinski definition) is 5. The molecule has 20 heavy (non-hydrogen) atoms. The molecule has 2 unspecified atom stereocenters. The highest BCUT2D eigenvalue weighted by molar-refractivity contribution is 6.00. The van der Waals surface area contributed by atoms with Crippen LogP contribution in [-0.4, -0.2) is 40.0 Å². The van der Waals surface area contributed by atoms with Crippen molar-refractivity contribution in [3.05, 3.63) is 42.2 Å². The van der Waals surface area contributed by atoms with Gasteiger partial charge in [-0.1, -0.05) is 23.4 Å². The van der Waals surface area contributed by atoms with Crippen molar-refractivity contribution >= 4 is 5.78 Å². The van der Waals surface area contributed by atoms with Gasteiger partial charge in [0.25, 0.3) is 0 Å². The van der Waals surface area contributed by atoms with E-state index in [0.717, 1.165) is 5.69 Å². The average Bonchev–Trinajstić information content (AvgIpc) is 3.08. The highest BCUT2D eigenvalue weighted by Crippen LogP contribution is 2.31. The number of nitrogens with two attached hydrogens (primary N) is 1. The minimum Gasteiger partial charge on any atom is -0.379 e. The Balaban J connectivity index is 2.00. The summed E-state index contributed by atoms with van der Waals surface area (Å²) >= 11 is 0. The van der Waals surface area contributed by atoms with E-state index >= 15 is 0 Å². The number of aromatic nitrogens is 3. The van der Waals surface area contributed by atoms with Gasteiger partial charge >= 0.3 is 0 Å². The molecule has 0 spiro atoms. The molecule has 3 rings (SSSR count). The van der Waals surface area contributed by atoms with Crippen molar-refractivity contribution in [1.29, 1.82) is 0 Å². The number of benzene rings is 1. The number of rotatable bonds is 3. The Labute approximate surface area is 116 Å². The molecule has 1 aromatic heterocycles. The van der Waals surface area contributed by atoms with Crippen LogP contribution in [0.3, 0.4) is 0 Å². The Morgan fingerprint density at radius 1 is 1.45 bits per heavy atom. The van der Waals surface area contributed by atoms with E-state index in [1.165, 1.54) is 6.20 Å². The molecule has 1 aromatic carbocycles. The van der Waals surface area contributed by atoms with Crippen molar-refractivity contribution in [2.75, 3.05) is 13.2 Å². The minimum absolute atomic E-state index is 0.0867. The summed E-state index contributed by atoms with van der Waals surface area (Å²) in [4.78, 5) is 12.8. The molecule has 1 fully saturated rings. The first kappa shape index (κ1) is 13.0. The van der Waals surface area contributed by atoms with Gasteiger partial charge in [0.2, 0.25) is 0 Å². The molecule has 0 amide bonds. The van der Waals surface area contributed by atoms with Crippen molar-refractivity contribution in [3.8, 4) is 5.69 Å². The summed E-state index contributed by atoms with van der Waals surface area (Å²) in [5.74, 6) is -0.0867.